The number of amides is 1. The van der Waals surface area contributed by atoms with Crippen molar-refractivity contribution in [3.05, 3.63) is 83.4 Å². The number of methoxy groups -OCH3 is 2. The predicted octanol–water partition coefficient (Wildman–Crippen LogP) is 4.03. The van der Waals surface area contributed by atoms with E-state index in [-0.39, 0.29) is 22.7 Å². The monoisotopic (exact) mass is 510 g/mol. The maximum Gasteiger partial charge on any atom is 0.265 e. The number of aryl methyl sites for hydroxylation is 2. The van der Waals surface area contributed by atoms with Gasteiger partial charge in [-0.3, -0.25) is 9.52 Å². The van der Waals surface area contributed by atoms with E-state index < -0.39 is 16.1 Å². The number of para-hydroxylation sites is 1. The van der Waals surface area contributed by atoms with Crippen molar-refractivity contribution in [1.82, 2.24) is 4.90 Å². The molecule has 36 heavy (non-hydrogen) atoms. The molecule has 4 rings (SSSR count). The molecule has 0 aliphatic carbocycles. The van der Waals surface area contributed by atoms with Gasteiger partial charge in [0, 0.05) is 18.7 Å². The number of ether oxygens (including phenoxy) is 3. The van der Waals surface area contributed by atoms with E-state index >= 15 is 0 Å². The highest BCUT2D eigenvalue weighted by molar-refractivity contribution is 7.92. The van der Waals surface area contributed by atoms with E-state index in [1.54, 1.807) is 54.5 Å². The SMILES string of the molecule is COc1ccccc1S(=O)(=O)Nc1cccc(OC2CN(C(=O)c3cc(C)ccc3C)C[C@@H]2OC)c1. The summed E-state index contributed by atoms with van der Waals surface area (Å²) in [5.74, 6) is 0.644. The summed E-state index contributed by atoms with van der Waals surface area (Å²) in [6.07, 6.45) is -0.738. The van der Waals surface area contributed by atoms with Gasteiger partial charge in [-0.05, 0) is 49.7 Å². The Kier molecular flexibility index (Phi) is 7.51. The number of benzene rings is 3. The van der Waals surface area contributed by atoms with Crippen LogP contribution in [-0.4, -0.2) is 58.7 Å². The highest BCUT2D eigenvalue weighted by atomic mass is 32.2. The zero-order valence-electron chi connectivity index (χ0n) is 20.7. The third-order valence-corrected chi connectivity index (χ3v) is 7.58. The van der Waals surface area contributed by atoms with Gasteiger partial charge in [0.15, 0.2) is 0 Å². The third kappa shape index (κ3) is 5.47. The van der Waals surface area contributed by atoms with E-state index in [9.17, 15) is 13.2 Å². The molecule has 1 aliphatic heterocycles. The summed E-state index contributed by atoms with van der Waals surface area (Å²) in [6, 6.07) is 18.9. The first-order valence-corrected chi connectivity index (χ1v) is 13.0. The van der Waals surface area contributed by atoms with Crippen molar-refractivity contribution in [2.75, 3.05) is 32.0 Å². The minimum atomic E-state index is -3.88. The molecule has 0 saturated carbocycles. The first kappa shape index (κ1) is 25.5. The van der Waals surface area contributed by atoms with Gasteiger partial charge in [0.25, 0.3) is 15.9 Å². The van der Waals surface area contributed by atoms with Gasteiger partial charge in [0.2, 0.25) is 0 Å². The quantitative estimate of drug-likeness (QED) is 0.492. The lowest BCUT2D eigenvalue weighted by atomic mass is 10.0. The van der Waals surface area contributed by atoms with Gasteiger partial charge in [-0.15, -0.1) is 0 Å². The molecule has 0 bridgehead atoms. The standard InChI is InChI=1S/C27H30N2O6S/c1-18-12-13-19(2)22(14-18)27(30)29-16-24(34-4)25(17-29)35-21-9-7-8-20(15-21)28-36(31,32)26-11-6-5-10-23(26)33-3/h5-15,24-25,28H,16-17H2,1-4H3/t24-,25?/m0/s1. The van der Waals surface area contributed by atoms with Crippen LogP contribution in [-0.2, 0) is 14.8 Å². The number of carbonyl (C=O) groups excluding carboxylic acids is 1. The summed E-state index contributed by atoms with van der Waals surface area (Å²) in [4.78, 5) is 15.0. The van der Waals surface area contributed by atoms with Crippen LogP contribution in [0.15, 0.2) is 71.6 Å². The lowest BCUT2D eigenvalue weighted by Crippen LogP contribution is -2.32. The lowest BCUT2D eigenvalue weighted by Gasteiger charge is -2.19. The Balaban J connectivity index is 1.49. The number of nitrogens with one attached hydrogen (secondary N) is 1. The largest absolute Gasteiger partial charge is 0.495 e. The Labute approximate surface area is 211 Å². The number of nitrogens with zero attached hydrogens (tertiary/aromatic N) is 1. The Morgan fingerprint density at radius 1 is 0.944 bits per heavy atom. The number of hydrogen-bond acceptors (Lipinski definition) is 6. The smallest absolute Gasteiger partial charge is 0.265 e. The number of anilines is 1. The molecule has 0 spiro atoms. The molecule has 3 aromatic rings. The molecule has 8 nitrogen and oxygen atoms in total. The first-order chi connectivity index (χ1) is 17.2. The molecular formula is C27H30N2O6S. The van der Waals surface area contributed by atoms with Crippen LogP contribution < -0.4 is 14.2 Å². The Morgan fingerprint density at radius 3 is 2.44 bits per heavy atom. The average Bonchev–Trinajstić information content (AvgIpc) is 3.27. The maximum atomic E-state index is 13.2. The molecule has 1 heterocycles. The van der Waals surface area contributed by atoms with E-state index in [1.807, 2.05) is 32.0 Å². The van der Waals surface area contributed by atoms with Gasteiger partial charge in [0.05, 0.1) is 25.9 Å². The second kappa shape index (κ2) is 10.6. The number of hydrogen-bond donors (Lipinski definition) is 1. The Bertz CT molecular complexity index is 1360. The fraction of sp³-hybridized carbons (Fsp3) is 0.296. The molecule has 1 saturated heterocycles. The molecule has 1 fully saturated rings. The van der Waals surface area contributed by atoms with E-state index in [0.717, 1.165) is 11.1 Å². The van der Waals surface area contributed by atoms with Crippen LogP contribution in [0, 0.1) is 13.8 Å². The summed E-state index contributed by atoms with van der Waals surface area (Å²) < 4.78 is 45.4. The van der Waals surface area contributed by atoms with Crippen molar-refractivity contribution in [2.24, 2.45) is 0 Å². The molecule has 2 atom stereocenters. The fourth-order valence-electron chi connectivity index (χ4n) is 4.24. The van der Waals surface area contributed by atoms with Gasteiger partial charge in [-0.1, -0.05) is 35.9 Å². The molecular weight excluding hydrogens is 480 g/mol. The maximum absolute atomic E-state index is 13.2. The molecule has 1 unspecified atom stereocenters. The van der Waals surface area contributed by atoms with Crippen molar-refractivity contribution < 1.29 is 27.4 Å². The van der Waals surface area contributed by atoms with Crippen LogP contribution in [0.5, 0.6) is 11.5 Å². The molecule has 3 aromatic carbocycles. The second-order valence-electron chi connectivity index (χ2n) is 8.74. The highest BCUT2D eigenvalue weighted by Gasteiger charge is 2.37. The van der Waals surface area contributed by atoms with Crippen LogP contribution in [0.25, 0.3) is 0 Å². The summed E-state index contributed by atoms with van der Waals surface area (Å²) in [6.45, 7) is 4.62. The summed E-state index contributed by atoms with van der Waals surface area (Å²) in [5.41, 5.74) is 2.94. The number of likely N-dealkylation sites (tertiary alicyclic amines) is 1. The first-order valence-electron chi connectivity index (χ1n) is 11.5. The minimum Gasteiger partial charge on any atom is -0.495 e. The Morgan fingerprint density at radius 2 is 1.69 bits per heavy atom. The van der Waals surface area contributed by atoms with E-state index in [1.165, 1.54) is 13.2 Å². The highest BCUT2D eigenvalue weighted by Crippen LogP contribution is 2.28. The van der Waals surface area contributed by atoms with Crippen LogP contribution in [0.3, 0.4) is 0 Å². The van der Waals surface area contributed by atoms with Crippen LogP contribution >= 0.6 is 0 Å². The predicted molar refractivity (Wildman–Crippen MR) is 137 cm³/mol. The van der Waals surface area contributed by atoms with E-state index in [4.69, 9.17) is 14.2 Å². The summed E-state index contributed by atoms with van der Waals surface area (Å²) in [5, 5.41) is 0. The van der Waals surface area contributed by atoms with Crippen LogP contribution in [0.2, 0.25) is 0 Å². The van der Waals surface area contributed by atoms with Crippen molar-refractivity contribution in [1.29, 1.82) is 0 Å². The zero-order valence-corrected chi connectivity index (χ0v) is 21.5. The zero-order chi connectivity index (χ0) is 25.9. The van der Waals surface area contributed by atoms with Crippen LogP contribution in [0.1, 0.15) is 21.5 Å². The minimum absolute atomic E-state index is 0.0367. The van der Waals surface area contributed by atoms with Gasteiger partial charge >= 0.3 is 0 Å². The molecule has 9 heteroatoms. The van der Waals surface area contributed by atoms with Crippen molar-refractivity contribution in [3.8, 4) is 11.5 Å². The van der Waals surface area contributed by atoms with Gasteiger partial charge in [0.1, 0.15) is 28.6 Å². The molecule has 0 aromatic heterocycles. The van der Waals surface area contributed by atoms with Gasteiger partial charge in [-0.2, -0.15) is 0 Å². The van der Waals surface area contributed by atoms with E-state index in [2.05, 4.69) is 4.72 Å². The summed E-state index contributed by atoms with van der Waals surface area (Å²) in [7, 11) is -0.872. The molecule has 190 valence electrons. The van der Waals surface area contributed by atoms with Crippen LogP contribution in [0.4, 0.5) is 5.69 Å². The second-order valence-corrected chi connectivity index (χ2v) is 10.4. The Hall–Kier alpha value is -3.56. The topological polar surface area (TPSA) is 94.2 Å². The molecule has 0 radical (unpaired) electrons. The van der Waals surface area contributed by atoms with Crippen molar-refractivity contribution in [3.63, 3.8) is 0 Å². The lowest BCUT2D eigenvalue weighted by molar-refractivity contribution is 0.0340. The van der Waals surface area contributed by atoms with Gasteiger partial charge in [-0.25, -0.2) is 8.42 Å². The van der Waals surface area contributed by atoms with E-state index in [0.29, 0.717) is 30.1 Å². The number of carbonyl (C=O) groups is 1. The molecule has 1 amide bonds. The third-order valence-electron chi connectivity index (χ3n) is 6.16. The van der Waals surface area contributed by atoms with Gasteiger partial charge < -0.3 is 19.1 Å². The van der Waals surface area contributed by atoms with Crippen molar-refractivity contribution >= 4 is 21.6 Å². The molecule has 1 N–H and O–H groups in total. The summed E-state index contributed by atoms with van der Waals surface area (Å²) >= 11 is 0. The number of sulfonamides is 1. The average molecular weight is 511 g/mol. The normalized spacial score (nSPS) is 17.6. The number of rotatable bonds is 8. The van der Waals surface area contributed by atoms with Crippen molar-refractivity contribution in [2.45, 2.75) is 31.0 Å². The molecule has 1 aliphatic rings. The fourth-order valence-corrected chi connectivity index (χ4v) is 5.47.